The number of carbonyl (C=O) groups is 2. The fourth-order valence-corrected chi connectivity index (χ4v) is 5.86. The van der Waals surface area contributed by atoms with E-state index in [1.54, 1.807) is 30.0 Å². The van der Waals surface area contributed by atoms with Crippen molar-refractivity contribution in [1.29, 1.82) is 0 Å². The molecule has 12 heteroatoms. The Labute approximate surface area is 244 Å². The SMILES string of the molecule is C[C@@H]1CN([C@H](C)CO)C(=O)c2cccc(NS(=O)(=O)c3ccc(F)cc3)c2O[C@@H]1CN(C)Cc1ccc(C(=O)O)cc1. The molecule has 1 aliphatic rings. The minimum Gasteiger partial charge on any atom is -0.486 e. The van der Waals surface area contributed by atoms with E-state index in [0.717, 1.165) is 29.8 Å². The molecule has 1 aliphatic heterocycles. The summed E-state index contributed by atoms with van der Waals surface area (Å²) in [5, 5.41) is 19.1. The first kappa shape index (κ1) is 30.9. The van der Waals surface area contributed by atoms with Crippen LogP contribution < -0.4 is 9.46 Å². The van der Waals surface area contributed by atoms with Crippen molar-refractivity contribution in [2.75, 3.05) is 31.5 Å². The van der Waals surface area contributed by atoms with E-state index in [0.29, 0.717) is 13.1 Å². The van der Waals surface area contributed by atoms with Gasteiger partial charge in [0.25, 0.3) is 15.9 Å². The molecule has 0 fully saturated rings. The Bertz CT molecular complexity index is 1530. The van der Waals surface area contributed by atoms with E-state index in [1.165, 1.54) is 24.3 Å². The lowest BCUT2D eigenvalue weighted by Crippen LogP contribution is -2.49. The van der Waals surface area contributed by atoms with Crippen LogP contribution in [0.1, 0.15) is 40.1 Å². The fraction of sp³-hybridized carbons (Fsp3) is 0.333. The van der Waals surface area contributed by atoms with E-state index in [1.807, 2.05) is 18.9 Å². The van der Waals surface area contributed by atoms with Crippen LogP contribution >= 0.6 is 0 Å². The van der Waals surface area contributed by atoms with Crippen molar-refractivity contribution in [3.8, 4) is 5.75 Å². The third-order valence-electron chi connectivity index (χ3n) is 7.20. The number of aliphatic hydroxyl groups is 1. The molecule has 4 rings (SSSR count). The molecule has 3 aromatic carbocycles. The summed E-state index contributed by atoms with van der Waals surface area (Å²) in [5.41, 5.74) is 1.26. The maximum absolute atomic E-state index is 13.7. The van der Waals surface area contributed by atoms with Gasteiger partial charge in [-0.05, 0) is 68.1 Å². The van der Waals surface area contributed by atoms with Crippen molar-refractivity contribution >= 4 is 27.6 Å². The minimum absolute atomic E-state index is 0.0489. The Morgan fingerprint density at radius 1 is 1.14 bits per heavy atom. The maximum Gasteiger partial charge on any atom is 0.335 e. The van der Waals surface area contributed by atoms with Crippen LogP contribution in [0.25, 0.3) is 0 Å². The molecule has 1 heterocycles. The predicted octanol–water partition coefficient (Wildman–Crippen LogP) is 3.68. The number of anilines is 1. The zero-order valence-corrected chi connectivity index (χ0v) is 24.3. The average Bonchev–Trinajstić information content (AvgIpc) is 2.95. The van der Waals surface area contributed by atoms with Crippen LogP contribution in [0.5, 0.6) is 5.75 Å². The molecule has 224 valence electrons. The molecule has 3 aromatic rings. The second-order valence-electron chi connectivity index (χ2n) is 10.6. The van der Waals surface area contributed by atoms with Crippen LogP contribution in [-0.2, 0) is 16.6 Å². The number of ether oxygens (including phenoxy) is 1. The zero-order chi connectivity index (χ0) is 30.6. The third-order valence-corrected chi connectivity index (χ3v) is 8.59. The predicted molar refractivity (Wildman–Crippen MR) is 155 cm³/mol. The minimum atomic E-state index is -4.15. The van der Waals surface area contributed by atoms with Crippen molar-refractivity contribution in [3.05, 3.63) is 89.2 Å². The van der Waals surface area contributed by atoms with Gasteiger partial charge in [-0.15, -0.1) is 0 Å². The summed E-state index contributed by atoms with van der Waals surface area (Å²) in [6.45, 7) is 4.54. The van der Waals surface area contributed by atoms with Crippen LogP contribution in [0, 0.1) is 11.7 Å². The smallest absolute Gasteiger partial charge is 0.335 e. The number of nitrogens with zero attached hydrogens (tertiary/aromatic N) is 2. The van der Waals surface area contributed by atoms with Crippen molar-refractivity contribution in [1.82, 2.24) is 9.80 Å². The summed E-state index contributed by atoms with van der Waals surface area (Å²) in [6.07, 6.45) is -0.509. The molecule has 0 radical (unpaired) electrons. The lowest BCUT2D eigenvalue weighted by atomic mass is 9.99. The van der Waals surface area contributed by atoms with Gasteiger partial charge in [-0.3, -0.25) is 14.4 Å². The molecule has 0 unspecified atom stereocenters. The van der Waals surface area contributed by atoms with Crippen molar-refractivity contribution < 1.29 is 37.3 Å². The number of hydrogen-bond donors (Lipinski definition) is 3. The molecule has 0 aromatic heterocycles. The Hall–Kier alpha value is -4.00. The van der Waals surface area contributed by atoms with Crippen LogP contribution in [-0.4, -0.2) is 79.2 Å². The van der Waals surface area contributed by atoms with Crippen molar-refractivity contribution in [3.63, 3.8) is 0 Å². The Balaban J connectivity index is 1.67. The van der Waals surface area contributed by atoms with Gasteiger partial charge in [0.05, 0.1) is 34.4 Å². The van der Waals surface area contributed by atoms with Crippen LogP contribution in [0.2, 0.25) is 0 Å². The normalized spacial score (nSPS) is 18.0. The number of hydrogen-bond acceptors (Lipinski definition) is 7. The first-order valence-electron chi connectivity index (χ1n) is 13.4. The summed E-state index contributed by atoms with van der Waals surface area (Å²) < 4.78 is 48.8. The molecule has 0 bridgehead atoms. The number of likely N-dealkylation sites (N-methyl/N-ethyl adjacent to an activating group) is 1. The number of halogens is 1. The molecule has 42 heavy (non-hydrogen) atoms. The molecule has 0 aliphatic carbocycles. The maximum atomic E-state index is 13.7. The second-order valence-corrected chi connectivity index (χ2v) is 12.2. The Kier molecular flexibility index (Phi) is 9.50. The first-order valence-corrected chi connectivity index (χ1v) is 14.9. The molecule has 0 saturated heterocycles. The quantitative estimate of drug-likeness (QED) is 0.321. The number of sulfonamides is 1. The number of fused-ring (bicyclic) bond motifs is 1. The van der Waals surface area contributed by atoms with Crippen LogP contribution in [0.15, 0.2) is 71.6 Å². The van der Waals surface area contributed by atoms with Gasteiger partial charge in [-0.2, -0.15) is 0 Å². The molecular formula is C30H34FN3O7S. The summed E-state index contributed by atoms with van der Waals surface area (Å²) in [5.74, 6) is -2.17. The molecule has 3 N–H and O–H groups in total. The molecule has 0 saturated carbocycles. The number of aromatic carboxylic acids is 1. The monoisotopic (exact) mass is 599 g/mol. The van der Waals surface area contributed by atoms with E-state index in [9.17, 15) is 32.6 Å². The van der Waals surface area contributed by atoms with Crippen molar-refractivity contribution in [2.24, 2.45) is 5.92 Å². The van der Waals surface area contributed by atoms with E-state index in [4.69, 9.17) is 4.74 Å². The van der Waals surface area contributed by atoms with E-state index >= 15 is 0 Å². The van der Waals surface area contributed by atoms with Gasteiger partial charge >= 0.3 is 5.97 Å². The number of rotatable bonds is 10. The standard InChI is InChI=1S/C30H34FN3O7S/c1-19-15-34(20(2)18-35)29(36)25-5-4-6-26(32-42(39,40)24-13-11-23(31)12-14-24)28(25)41-27(19)17-33(3)16-21-7-9-22(10-8-21)30(37)38/h4-14,19-20,27,32,35H,15-18H2,1-3H3,(H,37,38)/t19-,20-,27-/m1/s1. The molecular weight excluding hydrogens is 565 g/mol. The molecule has 3 atom stereocenters. The van der Waals surface area contributed by atoms with E-state index in [-0.39, 0.29) is 46.5 Å². The molecule has 10 nitrogen and oxygen atoms in total. The van der Waals surface area contributed by atoms with Crippen LogP contribution in [0.4, 0.5) is 10.1 Å². The third kappa shape index (κ3) is 7.07. The lowest BCUT2D eigenvalue weighted by molar-refractivity contribution is 0.0343. The second kappa shape index (κ2) is 12.9. The summed E-state index contributed by atoms with van der Waals surface area (Å²) >= 11 is 0. The largest absolute Gasteiger partial charge is 0.486 e. The summed E-state index contributed by atoms with van der Waals surface area (Å²) in [7, 11) is -2.28. The Morgan fingerprint density at radius 3 is 2.43 bits per heavy atom. The lowest BCUT2D eigenvalue weighted by Gasteiger charge is -2.38. The van der Waals surface area contributed by atoms with Crippen molar-refractivity contribution in [2.45, 2.75) is 37.4 Å². The average molecular weight is 600 g/mol. The van der Waals surface area contributed by atoms with Gasteiger partial charge in [-0.1, -0.05) is 25.1 Å². The Morgan fingerprint density at radius 2 is 1.81 bits per heavy atom. The topological polar surface area (TPSA) is 136 Å². The first-order chi connectivity index (χ1) is 19.9. The number of carbonyl (C=O) groups excluding carboxylic acids is 1. The van der Waals surface area contributed by atoms with Gasteiger partial charge < -0.3 is 19.8 Å². The number of carboxylic acids is 1. The van der Waals surface area contributed by atoms with Gasteiger partial charge in [0, 0.05) is 25.6 Å². The number of nitrogens with one attached hydrogen (secondary N) is 1. The van der Waals surface area contributed by atoms with Crippen LogP contribution in [0.3, 0.4) is 0 Å². The molecule has 1 amide bonds. The van der Waals surface area contributed by atoms with Gasteiger partial charge in [0.15, 0.2) is 5.75 Å². The number of para-hydroxylation sites is 1. The van der Waals surface area contributed by atoms with Gasteiger partial charge in [0.2, 0.25) is 0 Å². The number of aliphatic hydroxyl groups excluding tert-OH is 1. The highest BCUT2D eigenvalue weighted by atomic mass is 32.2. The summed E-state index contributed by atoms with van der Waals surface area (Å²) in [4.78, 5) is 28.3. The zero-order valence-electron chi connectivity index (χ0n) is 23.5. The number of amides is 1. The van der Waals surface area contributed by atoms with E-state index < -0.39 is 39.9 Å². The van der Waals surface area contributed by atoms with Gasteiger partial charge in [0.1, 0.15) is 11.9 Å². The fourth-order valence-electron chi connectivity index (χ4n) is 4.80. The number of carboxylic acid groups (broad SMARTS) is 1. The highest BCUT2D eigenvalue weighted by Gasteiger charge is 2.35. The van der Waals surface area contributed by atoms with E-state index in [2.05, 4.69) is 4.72 Å². The molecule has 0 spiro atoms. The highest BCUT2D eigenvalue weighted by Crippen LogP contribution is 2.36. The number of benzene rings is 3. The summed E-state index contributed by atoms with van der Waals surface area (Å²) in [6, 6.07) is 15.0. The highest BCUT2D eigenvalue weighted by molar-refractivity contribution is 7.92. The van der Waals surface area contributed by atoms with Gasteiger partial charge in [-0.25, -0.2) is 17.6 Å².